The van der Waals surface area contributed by atoms with Crippen molar-refractivity contribution in [2.24, 2.45) is 5.73 Å². The van der Waals surface area contributed by atoms with Crippen molar-refractivity contribution in [3.63, 3.8) is 0 Å². The third-order valence-electron chi connectivity index (χ3n) is 3.76. The number of halogens is 2. The summed E-state index contributed by atoms with van der Waals surface area (Å²) in [5, 5.41) is 0. The molecule has 2 aromatic carbocycles. The van der Waals surface area contributed by atoms with Gasteiger partial charge in [0.25, 0.3) is 0 Å². The smallest absolute Gasteiger partial charge is 0.128 e. The Morgan fingerprint density at radius 2 is 1.95 bits per heavy atom. The van der Waals surface area contributed by atoms with E-state index in [2.05, 4.69) is 0 Å². The van der Waals surface area contributed by atoms with E-state index in [1.165, 1.54) is 6.07 Å². The molecule has 0 fully saturated rings. The number of rotatable bonds is 2. The van der Waals surface area contributed by atoms with Crippen LogP contribution in [0.5, 0.6) is 5.75 Å². The Morgan fingerprint density at radius 1 is 1.15 bits per heavy atom. The molecular formula is C16H15F2NO. The molecule has 104 valence electrons. The van der Waals surface area contributed by atoms with Gasteiger partial charge in [0.05, 0.1) is 6.61 Å². The lowest BCUT2D eigenvalue weighted by molar-refractivity contribution is 0.254. The summed E-state index contributed by atoms with van der Waals surface area (Å²) in [7, 11) is 0. The van der Waals surface area contributed by atoms with Crippen molar-refractivity contribution in [3.8, 4) is 5.75 Å². The molecule has 2 nitrogen and oxygen atoms in total. The SMILES string of the molecule is NC(c1cc(F)ccc1F)C1CCOc2ccccc21. The minimum atomic E-state index is -0.587. The average Bonchev–Trinajstić information content (AvgIpc) is 2.48. The number of hydrogen-bond acceptors (Lipinski definition) is 2. The lowest BCUT2D eigenvalue weighted by Gasteiger charge is -2.30. The van der Waals surface area contributed by atoms with Gasteiger partial charge in [0.1, 0.15) is 17.4 Å². The summed E-state index contributed by atoms with van der Waals surface area (Å²) < 4.78 is 32.8. The quantitative estimate of drug-likeness (QED) is 0.910. The molecule has 0 aliphatic carbocycles. The molecule has 2 aromatic rings. The number of ether oxygens (including phenoxy) is 1. The molecule has 0 amide bonds. The molecule has 0 radical (unpaired) electrons. The molecule has 1 heterocycles. The fourth-order valence-corrected chi connectivity index (χ4v) is 2.73. The van der Waals surface area contributed by atoms with E-state index in [0.29, 0.717) is 13.0 Å². The van der Waals surface area contributed by atoms with Crippen molar-refractivity contribution in [2.75, 3.05) is 6.61 Å². The highest BCUT2D eigenvalue weighted by atomic mass is 19.1. The number of nitrogens with two attached hydrogens (primary N) is 1. The van der Waals surface area contributed by atoms with Gasteiger partial charge in [-0.25, -0.2) is 8.78 Å². The maximum atomic E-state index is 13.9. The summed E-state index contributed by atoms with van der Waals surface area (Å²) in [5.41, 5.74) is 7.36. The van der Waals surface area contributed by atoms with Gasteiger partial charge >= 0.3 is 0 Å². The molecule has 0 saturated heterocycles. The van der Waals surface area contributed by atoms with Gasteiger partial charge in [-0.05, 0) is 36.2 Å². The van der Waals surface area contributed by atoms with Crippen molar-refractivity contribution in [1.82, 2.24) is 0 Å². The Morgan fingerprint density at radius 3 is 2.80 bits per heavy atom. The number of para-hydroxylation sites is 1. The second-order valence-corrected chi connectivity index (χ2v) is 4.97. The normalized spacial score (nSPS) is 19.1. The molecular weight excluding hydrogens is 260 g/mol. The monoisotopic (exact) mass is 275 g/mol. The van der Waals surface area contributed by atoms with E-state index >= 15 is 0 Å². The van der Waals surface area contributed by atoms with E-state index < -0.39 is 17.7 Å². The Bertz CT molecular complexity index is 630. The van der Waals surface area contributed by atoms with Crippen LogP contribution in [0.2, 0.25) is 0 Å². The first-order valence-corrected chi connectivity index (χ1v) is 6.59. The van der Waals surface area contributed by atoms with Crippen LogP contribution in [0.1, 0.15) is 29.5 Å². The molecule has 0 spiro atoms. The number of fused-ring (bicyclic) bond motifs is 1. The molecule has 1 aliphatic rings. The zero-order chi connectivity index (χ0) is 14.1. The molecule has 2 N–H and O–H groups in total. The zero-order valence-corrected chi connectivity index (χ0v) is 10.9. The van der Waals surface area contributed by atoms with Gasteiger partial charge in [-0.3, -0.25) is 0 Å². The number of benzene rings is 2. The Kier molecular flexibility index (Phi) is 3.40. The molecule has 0 aromatic heterocycles. The first-order chi connectivity index (χ1) is 9.66. The lowest BCUT2D eigenvalue weighted by Crippen LogP contribution is -2.26. The predicted molar refractivity (Wildman–Crippen MR) is 72.6 cm³/mol. The van der Waals surface area contributed by atoms with Gasteiger partial charge < -0.3 is 10.5 Å². The topological polar surface area (TPSA) is 35.2 Å². The van der Waals surface area contributed by atoms with E-state index in [4.69, 9.17) is 10.5 Å². The third kappa shape index (κ3) is 2.27. The zero-order valence-electron chi connectivity index (χ0n) is 10.9. The van der Waals surface area contributed by atoms with Crippen molar-refractivity contribution >= 4 is 0 Å². The van der Waals surface area contributed by atoms with Gasteiger partial charge in [0.2, 0.25) is 0 Å². The van der Waals surface area contributed by atoms with Crippen molar-refractivity contribution < 1.29 is 13.5 Å². The highest BCUT2D eigenvalue weighted by Gasteiger charge is 2.29. The summed E-state index contributed by atoms with van der Waals surface area (Å²) in [6.07, 6.45) is 0.689. The van der Waals surface area contributed by atoms with Crippen LogP contribution in [0.3, 0.4) is 0 Å². The van der Waals surface area contributed by atoms with Crippen molar-refractivity contribution in [3.05, 3.63) is 65.2 Å². The van der Waals surface area contributed by atoms with E-state index in [9.17, 15) is 8.78 Å². The summed E-state index contributed by atoms with van der Waals surface area (Å²) in [5.74, 6) is -0.243. The molecule has 3 rings (SSSR count). The van der Waals surface area contributed by atoms with Crippen LogP contribution in [-0.2, 0) is 0 Å². The number of hydrogen-bond donors (Lipinski definition) is 1. The molecule has 2 unspecified atom stereocenters. The highest BCUT2D eigenvalue weighted by molar-refractivity contribution is 5.40. The van der Waals surface area contributed by atoms with Crippen LogP contribution in [0.15, 0.2) is 42.5 Å². The summed E-state index contributed by atoms with van der Waals surface area (Å²) in [6, 6.07) is 10.4. The summed E-state index contributed by atoms with van der Waals surface area (Å²) in [4.78, 5) is 0. The van der Waals surface area contributed by atoms with E-state index in [-0.39, 0.29) is 11.5 Å². The van der Waals surface area contributed by atoms with E-state index in [1.54, 1.807) is 0 Å². The highest BCUT2D eigenvalue weighted by Crippen LogP contribution is 2.40. The molecule has 4 heteroatoms. The molecule has 0 bridgehead atoms. The Balaban J connectivity index is 1.99. The fourth-order valence-electron chi connectivity index (χ4n) is 2.73. The second-order valence-electron chi connectivity index (χ2n) is 4.97. The molecule has 2 atom stereocenters. The van der Waals surface area contributed by atoms with Crippen molar-refractivity contribution in [1.29, 1.82) is 0 Å². The molecule has 20 heavy (non-hydrogen) atoms. The maximum Gasteiger partial charge on any atom is 0.128 e. The predicted octanol–water partition coefficient (Wildman–Crippen LogP) is 3.53. The van der Waals surface area contributed by atoms with Crippen LogP contribution in [0.25, 0.3) is 0 Å². The standard InChI is InChI=1S/C16H15F2NO/c17-10-5-6-14(18)13(9-10)16(19)12-7-8-20-15-4-2-1-3-11(12)15/h1-6,9,12,16H,7-8,19H2. The molecule has 1 aliphatic heterocycles. The summed E-state index contributed by atoms with van der Waals surface area (Å²) in [6.45, 7) is 0.534. The van der Waals surface area contributed by atoms with Gasteiger partial charge in [-0.15, -0.1) is 0 Å². The van der Waals surface area contributed by atoms with E-state index in [1.807, 2.05) is 24.3 Å². The average molecular weight is 275 g/mol. The maximum absolute atomic E-state index is 13.9. The van der Waals surface area contributed by atoms with Crippen LogP contribution in [0.4, 0.5) is 8.78 Å². The van der Waals surface area contributed by atoms with E-state index in [0.717, 1.165) is 23.4 Å². The minimum Gasteiger partial charge on any atom is -0.493 e. The van der Waals surface area contributed by atoms with Gasteiger partial charge in [0.15, 0.2) is 0 Å². The fraction of sp³-hybridized carbons (Fsp3) is 0.250. The third-order valence-corrected chi connectivity index (χ3v) is 3.76. The Labute approximate surface area is 116 Å². The first kappa shape index (κ1) is 13.1. The van der Waals surface area contributed by atoms with Gasteiger partial charge in [-0.2, -0.15) is 0 Å². The second kappa shape index (κ2) is 5.21. The summed E-state index contributed by atoms with van der Waals surface area (Å²) >= 11 is 0. The largest absolute Gasteiger partial charge is 0.493 e. The van der Waals surface area contributed by atoms with Crippen molar-refractivity contribution in [2.45, 2.75) is 18.4 Å². The van der Waals surface area contributed by atoms with Crippen LogP contribution >= 0.6 is 0 Å². The lowest BCUT2D eigenvalue weighted by atomic mass is 9.83. The minimum absolute atomic E-state index is 0.0729. The van der Waals surface area contributed by atoms with Crippen LogP contribution in [-0.4, -0.2) is 6.61 Å². The van der Waals surface area contributed by atoms with Gasteiger partial charge in [-0.1, -0.05) is 18.2 Å². The van der Waals surface area contributed by atoms with Crippen LogP contribution in [0, 0.1) is 11.6 Å². The Hall–Kier alpha value is -1.94. The van der Waals surface area contributed by atoms with Gasteiger partial charge in [0, 0.05) is 17.5 Å². The van der Waals surface area contributed by atoms with Crippen LogP contribution < -0.4 is 10.5 Å². The molecule has 0 saturated carbocycles. The first-order valence-electron chi connectivity index (χ1n) is 6.59.